The Hall–Kier alpha value is -2.22. The van der Waals surface area contributed by atoms with Crippen molar-refractivity contribution in [3.8, 4) is 5.75 Å². The molecule has 0 heterocycles. The van der Waals surface area contributed by atoms with E-state index in [0.717, 1.165) is 6.08 Å². The van der Waals surface area contributed by atoms with Crippen molar-refractivity contribution >= 4 is 17.8 Å². The van der Waals surface area contributed by atoms with Crippen LogP contribution in [0.5, 0.6) is 5.75 Å². The van der Waals surface area contributed by atoms with Gasteiger partial charge < -0.3 is 25.5 Å². The number of hydrogen-bond acceptors (Lipinski definition) is 6. The average molecular weight is 282 g/mol. The van der Waals surface area contributed by atoms with Crippen molar-refractivity contribution in [2.75, 3.05) is 6.61 Å². The molecule has 20 heavy (non-hydrogen) atoms. The summed E-state index contributed by atoms with van der Waals surface area (Å²) in [6.45, 7) is -1.08. The van der Waals surface area contributed by atoms with Crippen LogP contribution in [0.15, 0.2) is 30.3 Å². The fraction of sp³-hybridized carbons (Fsp3) is 0.231. The van der Waals surface area contributed by atoms with E-state index in [4.69, 9.17) is 15.3 Å². The first-order chi connectivity index (χ1) is 9.32. The lowest BCUT2D eigenvalue weighted by molar-refractivity contribution is -0.178. The zero-order valence-electron chi connectivity index (χ0n) is 10.3. The molecule has 0 saturated heterocycles. The Morgan fingerprint density at radius 1 is 1.25 bits per heavy atom. The standard InChI is InChI=1S/C13H14O7/c14-7-11(17)13(20,12(18)19)10(16)6-3-8-1-4-9(15)5-2-8/h1-6,11,14-15,17,20H,7H2,(H,18,19)/b6-3+/t11-,13+/m0/s1. The number of benzene rings is 1. The van der Waals surface area contributed by atoms with Crippen LogP contribution in [-0.4, -0.2) is 55.6 Å². The molecule has 0 saturated carbocycles. The number of carbonyl (C=O) groups is 2. The van der Waals surface area contributed by atoms with Crippen molar-refractivity contribution < 1.29 is 35.1 Å². The van der Waals surface area contributed by atoms with Crippen LogP contribution in [-0.2, 0) is 9.59 Å². The number of hydrogen-bond donors (Lipinski definition) is 5. The van der Waals surface area contributed by atoms with Crippen LogP contribution >= 0.6 is 0 Å². The van der Waals surface area contributed by atoms with Gasteiger partial charge in [-0.3, -0.25) is 4.79 Å². The minimum absolute atomic E-state index is 0.0196. The van der Waals surface area contributed by atoms with E-state index in [1.54, 1.807) is 0 Å². The SMILES string of the molecule is O=C(O)[C@@](O)(C(=O)/C=C/c1ccc(O)cc1)[C@@H](O)CO. The highest BCUT2D eigenvalue weighted by molar-refractivity contribution is 6.13. The number of carboxylic acid groups (broad SMARTS) is 1. The molecule has 2 atom stereocenters. The summed E-state index contributed by atoms with van der Waals surface area (Å²) in [5.41, 5.74) is -2.63. The van der Waals surface area contributed by atoms with E-state index in [-0.39, 0.29) is 5.75 Å². The number of aromatic hydroxyl groups is 1. The number of aliphatic carboxylic acids is 1. The highest BCUT2D eigenvalue weighted by Gasteiger charge is 2.49. The summed E-state index contributed by atoms with van der Waals surface area (Å²) in [4.78, 5) is 22.6. The van der Waals surface area contributed by atoms with Gasteiger partial charge in [-0.2, -0.15) is 0 Å². The van der Waals surface area contributed by atoms with Crippen molar-refractivity contribution in [2.24, 2.45) is 0 Å². The predicted octanol–water partition coefficient (Wildman–Crippen LogP) is -0.857. The minimum Gasteiger partial charge on any atom is -0.508 e. The summed E-state index contributed by atoms with van der Waals surface area (Å²) in [5, 5.41) is 45.6. The van der Waals surface area contributed by atoms with E-state index in [2.05, 4.69) is 0 Å². The van der Waals surface area contributed by atoms with Gasteiger partial charge in [-0.25, -0.2) is 4.79 Å². The molecule has 0 aliphatic heterocycles. The van der Waals surface area contributed by atoms with E-state index < -0.39 is 30.1 Å². The Balaban J connectivity index is 2.97. The van der Waals surface area contributed by atoms with Crippen molar-refractivity contribution in [2.45, 2.75) is 11.7 Å². The van der Waals surface area contributed by atoms with Gasteiger partial charge in [0.25, 0.3) is 5.60 Å². The Kier molecular flexibility index (Phi) is 4.98. The summed E-state index contributed by atoms with van der Waals surface area (Å²) in [6.07, 6.45) is -0.156. The Morgan fingerprint density at radius 3 is 2.25 bits per heavy atom. The molecule has 0 radical (unpaired) electrons. The Labute approximate surface area is 114 Å². The molecule has 0 amide bonds. The lowest BCUT2D eigenvalue weighted by Gasteiger charge is -2.24. The van der Waals surface area contributed by atoms with E-state index >= 15 is 0 Å². The quantitative estimate of drug-likeness (QED) is 0.338. The fourth-order valence-corrected chi connectivity index (χ4v) is 1.43. The summed E-state index contributed by atoms with van der Waals surface area (Å²) in [5.74, 6) is -3.22. The highest BCUT2D eigenvalue weighted by Crippen LogP contribution is 2.16. The van der Waals surface area contributed by atoms with Crippen LogP contribution in [0.2, 0.25) is 0 Å². The van der Waals surface area contributed by atoms with Gasteiger partial charge in [0.1, 0.15) is 11.9 Å². The second-order valence-corrected chi connectivity index (χ2v) is 4.06. The van der Waals surface area contributed by atoms with Crippen LogP contribution in [0, 0.1) is 0 Å². The van der Waals surface area contributed by atoms with Crippen LogP contribution in [0.1, 0.15) is 5.56 Å². The second-order valence-electron chi connectivity index (χ2n) is 4.06. The third kappa shape index (κ3) is 3.21. The Morgan fingerprint density at radius 2 is 1.80 bits per heavy atom. The van der Waals surface area contributed by atoms with Crippen LogP contribution in [0.25, 0.3) is 6.08 Å². The van der Waals surface area contributed by atoms with Crippen LogP contribution in [0.4, 0.5) is 0 Å². The number of aliphatic hydroxyl groups excluding tert-OH is 2. The number of aliphatic hydroxyl groups is 3. The number of rotatable bonds is 6. The molecule has 0 spiro atoms. The maximum absolute atomic E-state index is 11.7. The molecule has 108 valence electrons. The van der Waals surface area contributed by atoms with Gasteiger partial charge in [0.2, 0.25) is 5.78 Å². The molecule has 1 aromatic carbocycles. The first-order valence-electron chi connectivity index (χ1n) is 5.58. The smallest absolute Gasteiger partial charge is 0.346 e. The second kappa shape index (κ2) is 6.29. The third-order valence-electron chi connectivity index (χ3n) is 2.68. The maximum Gasteiger partial charge on any atom is 0.346 e. The van der Waals surface area contributed by atoms with Gasteiger partial charge in [-0.15, -0.1) is 0 Å². The highest BCUT2D eigenvalue weighted by atomic mass is 16.4. The van der Waals surface area contributed by atoms with Gasteiger partial charge in [-0.05, 0) is 23.8 Å². The topological polar surface area (TPSA) is 135 Å². The van der Waals surface area contributed by atoms with Gasteiger partial charge in [-0.1, -0.05) is 18.2 Å². The van der Waals surface area contributed by atoms with Crippen molar-refractivity contribution in [3.05, 3.63) is 35.9 Å². The molecule has 0 aliphatic carbocycles. The zero-order chi connectivity index (χ0) is 15.3. The molecule has 1 rings (SSSR count). The van der Waals surface area contributed by atoms with E-state index in [1.807, 2.05) is 0 Å². The summed E-state index contributed by atoms with van der Waals surface area (Å²) in [6, 6.07) is 5.63. The molecule has 7 heteroatoms. The molecule has 5 N–H and O–H groups in total. The average Bonchev–Trinajstić information content (AvgIpc) is 2.44. The number of phenols is 1. The van der Waals surface area contributed by atoms with Crippen LogP contribution < -0.4 is 0 Å². The fourth-order valence-electron chi connectivity index (χ4n) is 1.43. The summed E-state index contributed by atoms with van der Waals surface area (Å²) >= 11 is 0. The number of phenolic OH excluding ortho intramolecular Hbond substituents is 1. The number of carboxylic acids is 1. The number of ketones is 1. The summed E-state index contributed by atoms with van der Waals surface area (Å²) < 4.78 is 0. The molecule has 0 unspecified atom stereocenters. The third-order valence-corrected chi connectivity index (χ3v) is 2.68. The van der Waals surface area contributed by atoms with Gasteiger partial charge in [0.15, 0.2) is 0 Å². The molecular formula is C13H14O7. The Bertz CT molecular complexity index is 520. The molecule has 0 aromatic heterocycles. The normalized spacial score (nSPS) is 15.8. The largest absolute Gasteiger partial charge is 0.508 e. The van der Waals surface area contributed by atoms with Crippen molar-refractivity contribution in [3.63, 3.8) is 0 Å². The predicted molar refractivity (Wildman–Crippen MR) is 67.8 cm³/mol. The minimum atomic E-state index is -3.11. The van der Waals surface area contributed by atoms with Gasteiger partial charge in [0, 0.05) is 0 Å². The first kappa shape index (κ1) is 15.8. The molecular weight excluding hydrogens is 268 g/mol. The van der Waals surface area contributed by atoms with Gasteiger partial charge in [0.05, 0.1) is 6.61 Å². The lowest BCUT2D eigenvalue weighted by Crippen LogP contribution is -2.56. The monoisotopic (exact) mass is 282 g/mol. The summed E-state index contributed by atoms with van der Waals surface area (Å²) in [7, 11) is 0. The number of carbonyl (C=O) groups excluding carboxylic acids is 1. The van der Waals surface area contributed by atoms with Crippen molar-refractivity contribution in [1.29, 1.82) is 0 Å². The zero-order valence-corrected chi connectivity index (χ0v) is 10.3. The van der Waals surface area contributed by atoms with Crippen molar-refractivity contribution in [1.82, 2.24) is 0 Å². The lowest BCUT2D eigenvalue weighted by atomic mass is 9.91. The van der Waals surface area contributed by atoms with Crippen LogP contribution in [0.3, 0.4) is 0 Å². The molecule has 0 fully saturated rings. The van der Waals surface area contributed by atoms with E-state index in [0.29, 0.717) is 5.56 Å². The molecule has 1 aromatic rings. The molecule has 0 aliphatic rings. The molecule has 7 nitrogen and oxygen atoms in total. The van der Waals surface area contributed by atoms with E-state index in [1.165, 1.54) is 30.3 Å². The maximum atomic E-state index is 11.7. The first-order valence-corrected chi connectivity index (χ1v) is 5.58. The van der Waals surface area contributed by atoms with E-state index in [9.17, 15) is 19.8 Å². The molecule has 0 bridgehead atoms. The van der Waals surface area contributed by atoms with Gasteiger partial charge >= 0.3 is 5.97 Å².